The molecule has 0 N–H and O–H groups in total. The first-order valence-corrected chi connectivity index (χ1v) is 14.1. The van der Waals surface area contributed by atoms with Gasteiger partial charge in [-0.25, -0.2) is 0 Å². The summed E-state index contributed by atoms with van der Waals surface area (Å²) in [6, 6.07) is 4.19. The highest BCUT2D eigenvalue weighted by Crippen LogP contribution is 2.56. The first kappa shape index (κ1) is 25.5. The molecule has 4 aliphatic rings. The number of ether oxygens (including phenoxy) is 4. The fourth-order valence-electron chi connectivity index (χ4n) is 6.70. The van der Waals surface area contributed by atoms with E-state index in [2.05, 4.69) is 23.1 Å². The number of carbonyl (C=O) groups excluding carboxylic acids is 2. The van der Waals surface area contributed by atoms with E-state index < -0.39 is 11.5 Å². The summed E-state index contributed by atoms with van der Waals surface area (Å²) in [6.45, 7) is 8.01. The van der Waals surface area contributed by atoms with Gasteiger partial charge in [-0.1, -0.05) is 32.0 Å². The molecule has 0 bridgehead atoms. The normalized spacial score (nSPS) is 27.8. The smallest absolute Gasteiger partial charge is 0.313 e. The van der Waals surface area contributed by atoms with Gasteiger partial charge in [0.2, 0.25) is 6.79 Å². The van der Waals surface area contributed by atoms with Gasteiger partial charge >= 0.3 is 5.97 Å². The number of carbonyl (C=O) groups is 2. The number of fused-ring (bicyclic) bond motifs is 3. The van der Waals surface area contributed by atoms with E-state index in [1.54, 1.807) is 7.11 Å². The monoisotopic (exact) mass is 515 g/mol. The summed E-state index contributed by atoms with van der Waals surface area (Å²) in [5.41, 5.74) is 1.19. The van der Waals surface area contributed by atoms with Crippen LogP contribution >= 0.6 is 11.8 Å². The number of thioether (sulfide) groups is 1. The summed E-state index contributed by atoms with van der Waals surface area (Å²) in [7, 11) is 1.65. The van der Waals surface area contributed by atoms with Crippen molar-refractivity contribution in [3.05, 3.63) is 35.1 Å². The van der Waals surface area contributed by atoms with Gasteiger partial charge in [0.15, 0.2) is 22.7 Å². The lowest BCUT2D eigenvalue weighted by Crippen LogP contribution is -2.48. The van der Waals surface area contributed by atoms with Crippen LogP contribution in [-0.2, 0) is 25.5 Å². The van der Waals surface area contributed by atoms with Crippen LogP contribution in [0.2, 0.25) is 0 Å². The summed E-state index contributed by atoms with van der Waals surface area (Å²) in [5.74, 6) is 2.47. The summed E-state index contributed by atoms with van der Waals surface area (Å²) in [4.78, 5) is 28.9. The molecule has 1 aromatic carbocycles. The number of hydrogen-bond acceptors (Lipinski definition) is 8. The Morgan fingerprint density at radius 1 is 1.22 bits per heavy atom. The third-order valence-corrected chi connectivity index (χ3v) is 9.09. The van der Waals surface area contributed by atoms with E-state index in [9.17, 15) is 9.59 Å². The van der Waals surface area contributed by atoms with Crippen LogP contribution in [0.5, 0.6) is 11.5 Å². The Bertz CT molecular complexity index is 1070. The molecule has 1 saturated heterocycles. The highest BCUT2D eigenvalue weighted by atomic mass is 32.2. The van der Waals surface area contributed by atoms with Gasteiger partial charge in [0.25, 0.3) is 0 Å². The van der Waals surface area contributed by atoms with Crippen LogP contribution in [0, 0.1) is 5.41 Å². The van der Waals surface area contributed by atoms with Crippen LogP contribution in [0.3, 0.4) is 0 Å². The molecule has 1 spiro atoms. The summed E-state index contributed by atoms with van der Waals surface area (Å²) in [6.07, 6.45) is 6.16. The molecular weight excluding hydrogens is 478 g/mol. The first-order valence-electron chi connectivity index (χ1n) is 13.2. The van der Waals surface area contributed by atoms with Crippen molar-refractivity contribution in [1.82, 2.24) is 4.90 Å². The lowest BCUT2D eigenvalue weighted by atomic mass is 9.77. The molecule has 36 heavy (non-hydrogen) atoms. The number of methoxy groups -OCH3 is 1. The second kappa shape index (κ2) is 9.93. The van der Waals surface area contributed by atoms with Crippen molar-refractivity contribution in [2.24, 2.45) is 5.41 Å². The maximum absolute atomic E-state index is 13.8. The maximum Gasteiger partial charge on any atom is 0.313 e. The number of hydrogen-bond donors (Lipinski definition) is 0. The van der Waals surface area contributed by atoms with Crippen molar-refractivity contribution in [2.45, 2.75) is 76.9 Å². The van der Waals surface area contributed by atoms with Crippen molar-refractivity contribution >= 4 is 22.8 Å². The van der Waals surface area contributed by atoms with E-state index in [4.69, 9.17) is 18.9 Å². The summed E-state index contributed by atoms with van der Waals surface area (Å²) in [5, 5.41) is 0.0327. The largest absolute Gasteiger partial charge is 0.497 e. The molecule has 0 unspecified atom stereocenters. The summed E-state index contributed by atoms with van der Waals surface area (Å²) >= 11 is 1.27. The molecule has 8 heteroatoms. The average molecular weight is 516 g/mol. The zero-order chi connectivity index (χ0) is 25.5. The third-order valence-electron chi connectivity index (χ3n) is 8.33. The van der Waals surface area contributed by atoms with E-state index in [0.29, 0.717) is 17.9 Å². The molecule has 196 valence electrons. The number of benzene rings is 1. The molecule has 7 nitrogen and oxygen atoms in total. The van der Waals surface area contributed by atoms with Crippen LogP contribution in [0.25, 0.3) is 0 Å². The third kappa shape index (κ3) is 4.20. The number of rotatable bonds is 8. The van der Waals surface area contributed by atoms with Gasteiger partial charge in [-0.3, -0.25) is 14.5 Å². The van der Waals surface area contributed by atoms with Gasteiger partial charge in [0.1, 0.15) is 5.76 Å². The molecule has 1 fully saturated rings. The van der Waals surface area contributed by atoms with Crippen LogP contribution in [-0.4, -0.2) is 60.4 Å². The minimum absolute atomic E-state index is 0.0327. The molecule has 3 heterocycles. The predicted octanol–water partition coefficient (Wildman–Crippen LogP) is 4.82. The van der Waals surface area contributed by atoms with Crippen molar-refractivity contribution in [1.29, 1.82) is 0 Å². The molecular formula is C28H37NO6S. The van der Waals surface area contributed by atoms with E-state index in [1.165, 1.54) is 17.3 Å². The molecule has 5 rings (SSSR count). The second-order valence-electron chi connectivity index (χ2n) is 10.6. The van der Waals surface area contributed by atoms with Gasteiger partial charge < -0.3 is 18.9 Å². The highest BCUT2D eigenvalue weighted by Gasteiger charge is 2.58. The molecule has 0 aromatic heterocycles. The topological polar surface area (TPSA) is 74.3 Å². The number of esters is 1. The van der Waals surface area contributed by atoms with Crippen molar-refractivity contribution < 1.29 is 28.5 Å². The molecule has 1 aromatic rings. The molecule has 3 aliphatic heterocycles. The van der Waals surface area contributed by atoms with E-state index in [-0.39, 0.29) is 35.8 Å². The Labute approximate surface area is 217 Å². The Morgan fingerprint density at radius 2 is 2.00 bits per heavy atom. The minimum Gasteiger partial charge on any atom is -0.497 e. The minimum atomic E-state index is -0.875. The standard InChI is InChI=1S/C28H37NO6S/c1-5-9-27(3,16-23(30)36-6-2)26(31)35-25-22(32-4)15-28-10-7-11-29(28)12-8-18-13-20-21(34-17-33-20)14-19(18)24(25)28/h13-15,24-25H,5-12,16-17H2,1-4H3/t24-,25-,27+,28+/m1/s1. The predicted molar refractivity (Wildman–Crippen MR) is 138 cm³/mol. The van der Waals surface area contributed by atoms with Crippen molar-refractivity contribution in [3.8, 4) is 11.5 Å². The van der Waals surface area contributed by atoms with E-state index >= 15 is 0 Å². The van der Waals surface area contributed by atoms with E-state index in [0.717, 1.165) is 55.8 Å². The fraction of sp³-hybridized carbons (Fsp3) is 0.643. The Morgan fingerprint density at radius 3 is 2.72 bits per heavy atom. The molecule has 0 amide bonds. The van der Waals surface area contributed by atoms with Crippen LogP contribution < -0.4 is 9.47 Å². The van der Waals surface area contributed by atoms with Crippen LogP contribution in [0.1, 0.15) is 69.9 Å². The van der Waals surface area contributed by atoms with Crippen LogP contribution in [0.4, 0.5) is 0 Å². The first-order chi connectivity index (χ1) is 17.3. The van der Waals surface area contributed by atoms with Crippen molar-refractivity contribution in [2.75, 3.05) is 32.7 Å². The van der Waals surface area contributed by atoms with Gasteiger partial charge in [-0.2, -0.15) is 0 Å². The molecule has 0 radical (unpaired) electrons. The lowest BCUT2D eigenvalue weighted by Gasteiger charge is -2.40. The SMILES string of the molecule is CCC[C@@](C)(CC(=O)SCC)C(=O)O[C@@H]1C(OC)=C[C@]23CCCN2CCc2cc4c(cc2[C@H]13)OCO4. The van der Waals surface area contributed by atoms with Crippen LogP contribution in [0.15, 0.2) is 24.0 Å². The highest BCUT2D eigenvalue weighted by molar-refractivity contribution is 8.13. The van der Waals surface area contributed by atoms with Gasteiger partial charge in [-0.15, -0.1) is 0 Å². The fourth-order valence-corrected chi connectivity index (χ4v) is 7.44. The van der Waals surface area contributed by atoms with Gasteiger partial charge in [-0.05, 0) is 74.2 Å². The Kier molecular flexibility index (Phi) is 7.03. The lowest BCUT2D eigenvalue weighted by molar-refractivity contribution is -0.163. The Hall–Kier alpha value is -2.19. The molecule has 4 atom stereocenters. The molecule has 0 saturated carbocycles. The second-order valence-corrected chi connectivity index (χ2v) is 11.9. The van der Waals surface area contributed by atoms with Crippen molar-refractivity contribution in [3.63, 3.8) is 0 Å². The Balaban J connectivity index is 1.53. The zero-order valence-electron chi connectivity index (χ0n) is 21.8. The average Bonchev–Trinajstić information content (AvgIpc) is 3.53. The zero-order valence-corrected chi connectivity index (χ0v) is 22.6. The van der Waals surface area contributed by atoms with Gasteiger partial charge in [0.05, 0.1) is 24.0 Å². The number of nitrogens with zero attached hydrogens (tertiary/aromatic N) is 1. The maximum atomic E-state index is 13.8. The quantitative estimate of drug-likeness (QED) is 0.456. The van der Waals surface area contributed by atoms with E-state index in [1.807, 2.05) is 20.8 Å². The van der Waals surface area contributed by atoms with Gasteiger partial charge in [0, 0.05) is 13.0 Å². The molecule has 1 aliphatic carbocycles. The summed E-state index contributed by atoms with van der Waals surface area (Å²) < 4.78 is 23.7.